The second kappa shape index (κ2) is 12.2. The molecule has 0 rings (SSSR count). The first-order valence-electron chi connectivity index (χ1n) is 7.88. The first kappa shape index (κ1) is 19.4. The average Bonchev–Trinajstić information content (AvgIpc) is 2.46. The minimum atomic E-state index is -0.636. The average molecular weight is 299 g/mol. The number of hydrogen-bond acceptors (Lipinski definition) is 3. The van der Waals surface area contributed by atoms with Gasteiger partial charge in [-0.2, -0.15) is 0 Å². The van der Waals surface area contributed by atoms with Gasteiger partial charge in [0, 0.05) is 25.9 Å². The molecule has 0 spiro atoms. The monoisotopic (exact) mass is 299 g/mol. The normalized spacial score (nSPS) is 11.6. The number of carbonyl (C=O) groups excluding carboxylic acids is 3. The Morgan fingerprint density at radius 1 is 0.810 bits per heavy atom. The lowest BCUT2D eigenvalue weighted by Gasteiger charge is -2.18. The van der Waals surface area contributed by atoms with Crippen LogP contribution in [0, 0.1) is 0 Å². The molecule has 122 valence electrons. The van der Waals surface area contributed by atoms with Gasteiger partial charge in [-0.15, -0.1) is 0 Å². The van der Waals surface area contributed by atoms with Crippen molar-refractivity contribution in [3.8, 4) is 0 Å². The lowest BCUT2D eigenvalue weighted by molar-refractivity contribution is -0.129. The van der Waals surface area contributed by atoms with Gasteiger partial charge in [-0.1, -0.05) is 20.8 Å². The summed E-state index contributed by atoms with van der Waals surface area (Å²) in [7, 11) is 0. The van der Waals surface area contributed by atoms with Gasteiger partial charge >= 0.3 is 0 Å². The first-order valence-corrected chi connectivity index (χ1v) is 7.88. The zero-order valence-electron chi connectivity index (χ0n) is 13.5. The molecule has 0 aliphatic carbocycles. The maximum absolute atomic E-state index is 12.0. The maximum atomic E-state index is 12.0. The van der Waals surface area contributed by atoms with Crippen LogP contribution < -0.4 is 16.0 Å². The summed E-state index contributed by atoms with van der Waals surface area (Å²) in [5, 5.41) is 8.23. The summed E-state index contributed by atoms with van der Waals surface area (Å²) >= 11 is 0. The Labute approximate surface area is 127 Å². The van der Waals surface area contributed by atoms with Crippen molar-refractivity contribution in [1.29, 1.82) is 0 Å². The second-order valence-electron chi connectivity index (χ2n) is 5.05. The van der Waals surface area contributed by atoms with Crippen LogP contribution in [0.2, 0.25) is 0 Å². The lowest BCUT2D eigenvalue weighted by atomic mass is 10.1. The molecule has 3 N–H and O–H groups in total. The summed E-state index contributed by atoms with van der Waals surface area (Å²) in [5.41, 5.74) is 0. The molecular weight excluding hydrogens is 270 g/mol. The summed E-state index contributed by atoms with van der Waals surface area (Å²) in [6.07, 6.45) is 3.38. The Hall–Kier alpha value is -1.59. The van der Waals surface area contributed by atoms with Gasteiger partial charge in [0.1, 0.15) is 6.04 Å². The van der Waals surface area contributed by atoms with Crippen LogP contribution in [-0.4, -0.2) is 36.9 Å². The topological polar surface area (TPSA) is 87.3 Å². The van der Waals surface area contributed by atoms with Crippen molar-refractivity contribution in [2.45, 2.75) is 65.3 Å². The van der Waals surface area contributed by atoms with Crippen LogP contribution in [0.15, 0.2) is 0 Å². The second-order valence-corrected chi connectivity index (χ2v) is 5.05. The first-order chi connectivity index (χ1) is 10.0. The predicted molar refractivity (Wildman–Crippen MR) is 82.7 cm³/mol. The van der Waals surface area contributed by atoms with E-state index in [4.69, 9.17) is 0 Å². The number of nitrogens with one attached hydrogen (secondary N) is 3. The smallest absolute Gasteiger partial charge is 0.242 e. The van der Waals surface area contributed by atoms with Crippen molar-refractivity contribution in [2.75, 3.05) is 13.1 Å². The number of amides is 3. The van der Waals surface area contributed by atoms with Gasteiger partial charge in [0.05, 0.1) is 0 Å². The van der Waals surface area contributed by atoms with Crippen LogP contribution in [0.25, 0.3) is 0 Å². The number of rotatable bonds is 11. The van der Waals surface area contributed by atoms with Gasteiger partial charge in [-0.05, 0) is 25.7 Å². The van der Waals surface area contributed by atoms with E-state index in [0.29, 0.717) is 25.9 Å². The molecule has 0 fully saturated rings. The van der Waals surface area contributed by atoms with Gasteiger partial charge in [-0.25, -0.2) is 0 Å². The molecule has 0 saturated heterocycles. The number of carbonyl (C=O) groups is 3. The van der Waals surface area contributed by atoms with Crippen LogP contribution in [-0.2, 0) is 14.4 Å². The van der Waals surface area contributed by atoms with Gasteiger partial charge in [0.2, 0.25) is 17.7 Å². The molecule has 0 aromatic carbocycles. The zero-order chi connectivity index (χ0) is 16.1. The fourth-order valence-electron chi connectivity index (χ4n) is 1.76. The summed E-state index contributed by atoms with van der Waals surface area (Å²) in [5.74, 6) is -0.456. The van der Waals surface area contributed by atoms with E-state index < -0.39 is 6.04 Å². The summed E-state index contributed by atoms with van der Waals surface area (Å²) < 4.78 is 0. The van der Waals surface area contributed by atoms with E-state index in [1.165, 1.54) is 0 Å². The third-order valence-electron chi connectivity index (χ3n) is 2.91. The molecule has 21 heavy (non-hydrogen) atoms. The highest BCUT2D eigenvalue weighted by Gasteiger charge is 2.20. The highest BCUT2D eigenvalue weighted by atomic mass is 16.2. The van der Waals surface area contributed by atoms with Crippen LogP contribution in [0.5, 0.6) is 0 Å². The van der Waals surface area contributed by atoms with Crippen molar-refractivity contribution in [1.82, 2.24) is 16.0 Å². The van der Waals surface area contributed by atoms with E-state index in [1.807, 2.05) is 20.8 Å². The van der Waals surface area contributed by atoms with Crippen molar-refractivity contribution in [3.05, 3.63) is 0 Å². The molecule has 1 atom stereocenters. The van der Waals surface area contributed by atoms with Crippen molar-refractivity contribution < 1.29 is 14.4 Å². The largest absolute Gasteiger partial charge is 0.356 e. The van der Waals surface area contributed by atoms with Gasteiger partial charge in [0.15, 0.2) is 0 Å². The molecule has 6 heteroatoms. The summed E-state index contributed by atoms with van der Waals surface area (Å²) in [4.78, 5) is 35.3. The molecule has 0 bridgehead atoms. The zero-order valence-corrected chi connectivity index (χ0v) is 13.5. The predicted octanol–water partition coefficient (Wildman–Crippen LogP) is 1.10. The molecule has 0 saturated carbocycles. The third kappa shape index (κ3) is 9.87. The SMILES string of the molecule is CCCNC(=O)CC[C@H](NC(=O)CCC)C(=O)NCCC. The van der Waals surface area contributed by atoms with E-state index in [1.54, 1.807) is 0 Å². The van der Waals surface area contributed by atoms with Crippen molar-refractivity contribution >= 4 is 17.7 Å². The van der Waals surface area contributed by atoms with E-state index in [9.17, 15) is 14.4 Å². The molecular formula is C15H29N3O3. The highest BCUT2D eigenvalue weighted by molar-refractivity contribution is 5.88. The third-order valence-corrected chi connectivity index (χ3v) is 2.91. The van der Waals surface area contributed by atoms with Crippen molar-refractivity contribution in [3.63, 3.8) is 0 Å². The molecule has 0 heterocycles. The molecule has 3 amide bonds. The maximum Gasteiger partial charge on any atom is 0.242 e. The van der Waals surface area contributed by atoms with Crippen LogP contribution in [0.4, 0.5) is 0 Å². The molecule has 0 unspecified atom stereocenters. The fraction of sp³-hybridized carbons (Fsp3) is 0.800. The molecule has 0 aromatic rings. The quantitative estimate of drug-likeness (QED) is 0.534. The molecule has 0 aromatic heterocycles. The Balaban J connectivity index is 4.39. The Morgan fingerprint density at radius 3 is 2.00 bits per heavy atom. The van der Waals surface area contributed by atoms with Gasteiger partial charge in [-0.3, -0.25) is 14.4 Å². The standard InChI is InChI=1S/C15H29N3O3/c1-4-7-14(20)18-12(15(21)17-11-6-3)8-9-13(19)16-10-5-2/h12H,4-11H2,1-3H3,(H,16,19)(H,17,21)(H,18,20)/t12-/m0/s1. The molecule has 0 aliphatic heterocycles. The Morgan fingerprint density at radius 2 is 1.43 bits per heavy atom. The minimum Gasteiger partial charge on any atom is -0.356 e. The van der Waals surface area contributed by atoms with Crippen LogP contribution >= 0.6 is 0 Å². The van der Waals surface area contributed by atoms with Gasteiger partial charge < -0.3 is 16.0 Å². The van der Waals surface area contributed by atoms with Crippen LogP contribution in [0.1, 0.15) is 59.3 Å². The summed E-state index contributed by atoms with van der Waals surface area (Å²) in [6, 6.07) is -0.636. The number of hydrogen-bond donors (Lipinski definition) is 3. The van der Waals surface area contributed by atoms with Crippen molar-refractivity contribution in [2.24, 2.45) is 0 Å². The lowest BCUT2D eigenvalue weighted by Crippen LogP contribution is -2.47. The molecule has 0 aliphatic rings. The molecule has 6 nitrogen and oxygen atoms in total. The molecule has 0 radical (unpaired) electrons. The van der Waals surface area contributed by atoms with Gasteiger partial charge in [0.25, 0.3) is 0 Å². The van der Waals surface area contributed by atoms with E-state index >= 15 is 0 Å². The van der Waals surface area contributed by atoms with E-state index in [-0.39, 0.29) is 24.1 Å². The minimum absolute atomic E-state index is 0.0881. The highest BCUT2D eigenvalue weighted by Crippen LogP contribution is 2.00. The fourth-order valence-corrected chi connectivity index (χ4v) is 1.76. The summed E-state index contributed by atoms with van der Waals surface area (Å²) in [6.45, 7) is 7.05. The Kier molecular flexibility index (Phi) is 11.3. The van der Waals surface area contributed by atoms with E-state index in [0.717, 1.165) is 19.3 Å². The Bertz CT molecular complexity index is 332. The van der Waals surface area contributed by atoms with Crippen LogP contribution in [0.3, 0.4) is 0 Å². The van der Waals surface area contributed by atoms with E-state index in [2.05, 4.69) is 16.0 Å².